The van der Waals surface area contributed by atoms with Gasteiger partial charge in [-0.25, -0.2) is 0 Å². The second-order valence-electron chi connectivity index (χ2n) is 6.70. The Morgan fingerprint density at radius 2 is 2.00 bits per heavy atom. The summed E-state index contributed by atoms with van der Waals surface area (Å²) in [5.74, 6) is -0.954. The van der Waals surface area contributed by atoms with E-state index in [0.717, 1.165) is 9.95 Å². The summed E-state index contributed by atoms with van der Waals surface area (Å²) in [7, 11) is 0. The average Bonchev–Trinajstić information content (AvgIpc) is 3.04. The van der Waals surface area contributed by atoms with Gasteiger partial charge in [-0.2, -0.15) is 5.26 Å². The summed E-state index contributed by atoms with van der Waals surface area (Å²) < 4.78 is 12.0. The van der Waals surface area contributed by atoms with Crippen molar-refractivity contribution in [2.45, 2.75) is 33.7 Å². The summed E-state index contributed by atoms with van der Waals surface area (Å²) in [5.41, 5.74) is 0.432. The molecule has 0 spiro atoms. The second-order valence-corrected chi connectivity index (χ2v) is 6.70. The smallest absolute Gasteiger partial charge is 0.271 e. The summed E-state index contributed by atoms with van der Waals surface area (Å²) in [6.07, 6.45) is 0.451. The molecule has 0 aliphatic rings. The van der Waals surface area contributed by atoms with Gasteiger partial charge >= 0.3 is 0 Å². The maximum atomic E-state index is 13.3. The number of para-hydroxylation sites is 1. The fraction of sp³-hybridized carbons (Fsp3) is 0.318. The van der Waals surface area contributed by atoms with Gasteiger partial charge < -0.3 is 14.3 Å². The van der Waals surface area contributed by atoms with E-state index in [0.29, 0.717) is 30.8 Å². The third kappa shape index (κ3) is 3.55. The summed E-state index contributed by atoms with van der Waals surface area (Å²) >= 11 is 0. The molecule has 0 amide bonds. The number of nitrogens with zero attached hydrogens (tertiary/aromatic N) is 2. The Kier molecular flexibility index (Phi) is 5.85. The number of ketones is 1. The van der Waals surface area contributed by atoms with Gasteiger partial charge in [-0.3, -0.25) is 14.2 Å². The Bertz CT molecular complexity index is 1180. The Hall–Kier alpha value is -3.37. The molecule has 0 aliphatic heterocycles. The van der Waals surface area contributed by atoms with Crippen molar-refractivity contribution < 1.29 is 19.1 Å². The molecule has 7 nitrogen and oxygen atoms in total. The lowest BCUT2D eigenvalue weighted by atomic mass is 9.98. The average molecular weight is 394 g/mol. The molecule has 3 rings (SSSR count). The monoisotopic (exact) mass is 394 g/mol. The quantitative estimate of drug-likeness (QED) is 0.486. The SMILES string of the molecule is CCOCCCn1c(O)c(C(=O)c2oc3ccccc3c2C)c(C)c(C#N)c1=O. The van der Waals surface area contributed by atoms with Gasteiger partial charge in [-0.05, 0) is 38.8 Å². The molecule has 0 aliphatic carbocycles. The van der Waals surface area contributed by atoms with E-state index in [-0.39, 0.29) is 29.0 Å². The van der Waals surface area contributed by atoms with Crippen molar-refractivity contribution in [1.82, 2.24) is 4.57 Å². The number of nitriles is 1. The van der Waals surface area contributed by atoms with Crippen LogP contribution < -0.4 is 5.56 Å². The van der Waals surface area contributed by atoms with Crippen LogP contribution in [0.2, 0.25) is 0 Å². The van der Waals surface area contributed by atoms with E-state index in [9.17, 15) is 20.0 Å². The molecule has 1 aromatic carbocycles. The molecule has 0 saturated heterocycles. The van der Waals surface area contributed by atoms with Gasteiger partial charge in [0.05, 0.1) is 5.56 Å². The first kappa shape index (κ1) is 20.4. The molecule has 3 aromatic rings. The molecule has 0 atom stereocenters. The van der Waals surface area contributed by atoms with Crippen LogP contribution >= 0.6 is 0 Å². The van der Waals surface area contributed by atoms with Gasteiger partial charge in [-0.15, -0.1) is 0 Å². The molecule has 0 radical (unpaired) electrons. The zero-order chi connectivity index (χ0) is 21.1. The van der Waals surface area contributed by atoms with Crippen molar-refractivity contribution >= 4 is 16.8 Å². The molecule has 1 N–H and O–H groups in total. The van der Waals surface area contributed by atoms with Crippen LogP contribution in [0.3, 0.4) is 0 Å². The van der Waals surface area contributed by atoms with E-state index < -0.39 is 17.2 Å². The van der Waals surface area contributed by atoms with Crippen LogP contribution in [0, 0.1) is 25.2 Å². The van der Waals surface area contributed by atoms with Gasteiger partial charge in [0.25, 0.3) is 5.56 Å². The molecule has 29 heavy (non-hydrogen) atoms. The van der Waals surface area contributed by atoms with Crippen molar-refractivity contribution in [3.8, 4) is 11.9 Å². The van der Waals surface area contributed by atoms with Gasteiger partial charge in [0.1, 0.15) is 17.2 Å². The van der Waals surface area contributed by atoms with Gasteiger partial charge in [0.15, 0.2) is 5.76 Å². The molecular weight excluding hydrogens is 372 g/mol. The number of pyridine rings is 1. The fourth-order valence-electron chi connectivity index (χ4n) is 3.40. The topological polar surface area (TPSA) is 105 Å². The number of fused-ring (bicyclic) bond motifs is 1. The first-order valence-corrected chi connectivity index (χ1v) is 9.39. The Labute approximate surface area is 167 Å². The number of rotatable bonds is 7. The minimum absolute atomic E-state index is 0.0769. The lowest BCUT2D eigenvalue weighted by molar-refractivity contribution is 0.100. The first-order chi connectivity index (χ1) is 13.9. The number of carbonyl (C=O) groups excluding carboxylic acids is 1. The van der Waals surface area contributed by atoms with Crippen LogP contribution in [0.4, 0.5) is 0 Å². The molecule has 2 heterocycles. The predicted molar refractivity (Wildman–Crippen MR) is 107 cm³/mol. The number of hydrogen-bond donors (Lipinski definition) is 1. The number of aromatic hydroxyl groups is 1. The molecule has 0 fully saturated rings. The van der Waals surface area contributed by atoms with Gasteiger partial charge in [0.2, 0.25) is 11.7 Å². The second kappa shape index (κ2) is 8.33. The van der Waals surface area contributed by atoms with Crippen molar-refractivity contribution in [3.63, 3.8) is 0 Å². The largest absolute Gasteiger partial charge is 0.494 e. The number of carbonyl (C=O) groups is 1. The van der Waals surface area contributed by atoms with Gasteiger partial charge in [-0.1, -0.05) is 18.2 Å². The molecular formula is C22H22N2O5. The minimum Gasteiger partial charge on any atom is -0.494 e. The Morgan fingerprint density at radius 3 is 2.66 bits per heavy atom. The lowest BCUT2D eigenvalue weighted by Gasteiger charge is -2.15. The summed E-state index contributed by atoms with van der Waals surface area (Å²) in [6, 6.07) is 9.10. The van der Waals surface area contributed by atoms with E-state index >= 15 is 0 Å². The van der Waals surface area contributed by atoms with Crippen LogP contribution in [-0.2, 0) is 11.3 Å². The number of furan rings is 1. The predicted octanol–water partition coefficient (Wildman–Crippen LogP) is 3.45. The highest BCUT2D eigenvalue weighted by molar-refractivity contribution is 6.12. The minimum atomic E-state index is -0.628. The highest BCUT2D eigenvalue weighted by Crippen LogP contribution is 2.31. The standard InChI is InChI=1S/C22H22N2O5/c1-4-28-11-7-10-24-21(26)16(12-23)13(2)18(22(24)27)19(25)20-14(3)15-8-5-6-9-17(15)29-20/h5-6,8-9,27H,4,7,10-11H2,1-3H3. The van der Waals surface area contributed by atoms with Crippen LogP contribution in [0.5, 0.6) is 5.88 Å². The maximum absolute atomic E-state index is 13.3. The summed E-state index contributed by atoms with van der Waals surface area (Å²) in [4.78, 5) is 25.9. The normalized spacial score (nSPS) is 11.0. The molecule has 0 saturated carbocycles. The highest BCUT2D eigenvalue weighted by atomic mass is 16.5. The number of hydrogen-bond acceptors (Lipinski definition) is 6. The van der Waals surface area contributed by atoms with Crippen molar-refractivity contribution in [2.24, 2.45) is 0 Å². The number of ether oxygens (including phenoxy) is 1. The van der Waals surface area contributed by atoms with E-state index in [4.69, 9.17) is 9.15 Å². The number of aryl methyl sites for hydroxylation is 1. The molecule has 0 bridgehead atoms. The van der Waals surface area contributed by atoms with E-state index in [1.165, 1.54) is 6.92 Å². The van der Waals surface area contributed by atoms with Crippen LogP contribution in [-0.4, -0.2) is 28.7 Å². The first-order valence-electron chi connectivity index (χ1n) is 9.39. The highest BCUT2D eigenvalue weighted by Gasteiger charge is 2.28. The molecule has 150 valence electrons. The van der Waals surface area contributed by atoms with Crippen molar-refractivity contribution in [2.75, 3.05) is 13.2 Å². The third-order valence-electron chi connectivity index (χ3n) is 4.95. The van der Waals surface area contributed by atoms with Crippen molar-refractivity contribution in [3.05, 3.63) is 62.6 Å². The molecule has 0 unspecified atom stereocenters. The van der Waals surface area contributed by atoms with E-state index in [2.05, 4.69) is 0 Å². The molecule has 7 heteroatoms. The number of benzene rings is 1. The van der Waals surface area contributed by atoms with E-state index in [1.807, 2.05) is 25.1 Å². The van der Waals surface area contributed by atoms with Crippen molar-refractivity contribution in [1.29, 1.82) is 5.26 Å². The maximum Gasteiger partial charge on any atom is 0.271 e. The Balaban J connectivity index is 2.14. The van der Waals surface area contributed by atoms with E-state index in [1.54, 1.807) is 19.1 Å². The fourth-order valence-corrected chi connectivity index (χ4v) is 3.40. The van der Waals surface area contributed by atoms with Crippen LogP contribution in [0.25, 0.3) is 11.0 Å². The lowest BCUT2D eigenvalue weighted by Crippen LogP contribution is -2.27. The van der Waals surface area contributed by atoms with Gasteiger partial charge in [0, 0.05) is 30.7 Å². The zero-order valence-electron chi connectivity index (χ0n) is 16.6. The zero-order valence-corrected chi connectivity index (χ0v) is 16.6. The Morgan fingerprint density at radius 1 is 1.28 bits per heavy atom. The summed E-state index contributed by atoms with van der Waals surface area (Å²) in [6.45, 7) is 6.15. The number of aromatic nitrogens is 1. The van der Waals surface area contributed by atoms with Crippen LogP contribution in [0.1, 0.15) is 46.2 Å². The molecule has 2 aromatic heterocycles. The van der Waals surface area contributed by atoms with Crippen LogP contribution in [0.15, 0.2) is 33.5 Å². The summed E-state index contributed by atoms with van der Waals surface area (Å²) in [5, 5.41) is 21.0. The third-order valence-corrected chi connectivity index (χ3v) is 4.95.